The number of hydrogen-bond donors (Lipinski definition) is 0. The summed E-state index contributed by atoms with van der Waals surface area (Å²) in [6, 6.07) is 1.82. The van der Waals surface area contributed by atoms with Gasteiger partial charge in [0, 0.05) is 0 Å². The molecule has 0 aliphatic heterocycles. The van der Waals surface area contributed by atoms with E-state index >= 15 is 0 Å². The molecule has 0 aromatic heterocycles. The zero-order chi connectivity index (χ0) is 7.49. The van der Waals surface area contributed by atoms with Crippen LogP contribution in [0.4, 0.5) is 0 Å². The summed E-state index contributed by atoms with van der Waals surface area (Å²) in [5.74, 6) is -0.495. The minimum absolute atomic E-state index is 0.495. The third-order valence-electron chi connectivity index (χ3n) is 0.975. The van der Waals surface area contributed by atoms with Gasteiger partial charge in [-0.05, 0) is 13.8 Å². The molecule has 0 N–H and O–H groups in total. The predicted octanol–water partition coefficient (Wildman–Crippen LogP) is 0.709. The molecule has 0 atom stereocenters. The number of methoxy groups -OCH3 is 1. The van der Waals surface area contributed by atoms with E-state index in [1.54, 1.807) is 0 Å². The van der Waals surface area contributed by atoms with Crippen molar-refractivity contribution in [1.82, 2.24) is 0 Å². The fourth-order valence-corrected chi connectivity index (χ4v) is 0.301. The maximum atomic E-state index is 10.6. The SMILES string of the molecule is COC(=O)C(C)(C)[14C]#N. The third-order valence-corrected chi connectivity index (χ3v) is 0.975. The number of carbonyl (C=O) groups excluding carboxylic acids is 1. The molecule has 0 saturated heterocycles. The molecule has 0 aromatic rings. The van der Waals surface area contributed by atoms with Crippen LogP contribution < -0.4 is 0 Å². The van der Waals surface area contributed by atoms with Crippen LogP contribution in [0.5, 0.6) is 0 Å². The van der Waals surface area contributed by atoms with Crippen molar-refractivity contribution in [2.75, 3.05) is 7.11 Å². The van der Waals surface area contributed by atoms with Gasteiger partial charge in [0.2, 0.25) is 0 Å². The van der Waals surface area contributed by atoms with Crippen molar-refractivity contribution >= 4 is 5.97 Å². The van der Waals surface area contributed by atoms with E-state index in [0.29, 0.717) is 0 Å². The van der Waals surface area contributed by atoms with Crippen molar-refractivity contribution in [3.8, 4) is 6.07 Å². The van der Waals surface area contributed by atoms with Crippen LogP contribution in [0.15, 0.2) is 0 Å². The molecule has 0 aliphatic carbocycles. The topological polar surface area (TPSA) is 50.1 Å². The standard InChI is InChI=1S/C6H9NO2/c1-6(2,4-7)5(8)9-3/h1-3H3/i4+2. The van der Waals surface area contributed by atoms with Gasteiger partial charge in [0.05, 0.1) is 13.2 Å². The lowest BCUT2D eigenvalue weighted by molar-refractivity contribution is -0.147. The van der Waals surface area contributed by atoms with Crippen LogP contribution >= 0.6 is 0 Å². The number of hydrogen-bond acceptors (Lipinski definition) is 3. The van der Waals surface area contributed by atoms with E-state index in [0.717, 1.165) is 0 Å². The predicted molar refractivity (Wildman–Crippen MR) is 31.4 cm³/mol. The smallest absolute Gasteiger partial charge is 0.325 e. The lowest BCUT2D eigenvalue weighted by Gasteiger charge is -2.09. The summed E-state index contributed by atoms with van der Waals surface area (Å²) in [4.78, 5) is 10.6. The maximum Gasteiger partial charge on any atom is 0.325 e. The molecular formula is C6H9NO2. The Kier molecular flexibility index (Phi) is 2.20. The van der Waals surface area contributed by atoms with Gasteiger partial charge < -0.3 is 4.74 Å². The fraction of sp³-hybridized carbons (Fsp3) is 0.667. The van der Waals surface area contributed by atoms with Gasteiger partial charge in [-0.15, -0.1) is 0 Å². The number of nitriles is 1. The van der Waals surface area contributed by atoms with Crippen molar-refractivity contribution in [3.63, 3.8) is 0 Å². The van der Waals surface area contributed by atoms with Gasteiger partial charge in [0.15, 0.2) is 0 Å². The van der Waals surface area contributed by atoms with Crippen LogP contribution in [0, 0.1) is 16.7 Å². The van der Waals surface area contributed by atoms with Gasteiger partial charge in [-0.25, -0.2) is 0 Å². The number of carbonyl (C=O) groups is 1. The zero-order valence-corrected chi connectivity index (χ0v) is 5.76. The molecular weight excluding hydrogens is 120 g/mol. The molecule has 0 aromatic carbocycles. The average molecular weight is 129 g/mol. The van der Waals surface area contributed by atoms with Crippen LogP contribution in [0.3, 0.4) is 0 Å². The Morgan fingerprint density at radius 1 is 1.67 bits per heavy atom. The summed E-state index contributed by atoms with van der Waals surface area (Å²) >= 11 is 0. The quantitative estimate of drug-likeness (QED) is 0.490. The molecule has 0 heterocycles. The lowest BCUT2D eigenvalue weighted by atomic mass is 10.1. The normalized spacial score (nSPS) is 10.0. The molecule has 0 amide bonds. The molecule has 0 rings (SSSR count). The summed E-state index contributed by atoms with van der Waals surface area (Å²) < 4.78 is 4.34. The first kappa shape index (κ1) is 7.96. The summed E-state index contributed by atoms with van der Waals surface area (Å²) in [5.41, 5.74) is -1.01. The van der Waals surface area contributed by atoms with Gasteiger partial charge in [-0.2, -0.15) is 5.26 Å². The van der Waals surface area contributed by atoms with Crippen LogP contribution in [0.1, 0.15) is 13.8 Å². The Balaban J connectivity index is 4.19. The second-order valence-corrected chi connectivity index (χ2v) is 2.23. The van der Waals surface area contributed by atoms with Crippen LogP contribution in [-0.2, 0) is 9.53 Å². The Morgan fingerprint density at radius 3 is 2.22 bits per heavy atom. The van der Waals surface area contributed by atoms with E-state index in [2.05, 4.69) is 4.74 Å². The van der Waals surface area contributed by atoms with Crippen LogP contribution in [-0.4, -0.2) is 13.1 Å². The molecule has 0 aliphatic rings. The van der Waals surface area contributed by atoms with Crippen molar-refractivity contribution in [3.05, 3.63) is 0 Å². The lowest BCUT2D eigenvalue weighted by Crippen LogP contribution is -2.23. The van der Waals surface area contributed by atoms with Gasteiger partial charge in [0.1, 0.15) is 5.41 Å². The van der Waals surface area contributed by atoms with Crippen molar-refractivity contribution in [2.24, 2.45) is 5.41 Å². The Bertz CT molecular complexity index is 155. The van der Waals surface area contributed by atoms with Crippen LogP contribution in [0.2, 0.25) is 0 Å². The van der Waals surface area contributed by atoms with Gasteiger partial charge in [-0.1, -0.05) is 0 Å². The minimum Gasteiger partial charge on any atom is -0.468 e. The third kappa shape index (κ3) is 1.73. The molecule has 0 radical (unpaired) electrons. The molecule has 0 spiro atoms. The molecule has 0 bridgehead atoms. The Hall–Kier alpha value is -1.04. The van der Waals surface area contributed by atoms with Crippen molar-refractivity contribution < 1.29 is 9.53 Å². The van der Waals surface area contributed by atoms with E-state index in [1.165, 1.54) is 21.0 Å². The fourth-order valence-electron chi connectivity index (χ4n) is 0.301. The summed E-state index contributed by atoms with van der Waals surface area (Å²) in [6.45, 7) is 3.03. The monoisotopic (exact) mass is 129 g/mol. The zero-order valence-electron chi connectivity index (χ0n) is 5.76. The number of nitrogens with zero attached hydrogens (tertiary/aromatic N) is 1. The summed E-state index contributed by atoms with van der Waals surface area (Å²) in [7, 11) is 1.27. The molecule has 50 valence electrons. The van der Waals surface area contributed by atoms with E-state index < -0.39 is 11.4 Å². The van der Waals surface area contributed by atoms with E-state index in [4.69, 9.17) is 5.26 Å². The maximum absolute atomic E-state index is 10.6. The molecule has 0 fully saturated rings. The first-order valence-electron chi connectivity index (χ1n) is 2.54. The Morgan fingerprint density at radius 2 is 2.11 bits per heavy atom. The molecule has 0 unspecified atom stereocenters. The highest BCUT2D eigenvalue weighted by atomic mass is 16.5. The number of esters is 1. The number of ether oxygens (including phenoxy) is 1. The van der Waals surface area contributed by atoms with E-state index in [-0.39, 0.29) is 0 Å². The van der Waals surface area contributed by atoms with Gasteiger partial charge in [0.25, 0.3) is 0 Å². The van der Waals surface area contributed by atoms with Gasteiger partial charge in [-0.3, -0.25) is 4.79 Å². The van der Waals surface area contributed by atoms with Crippen molar-refractivity contribution in [2.45, 2.75) is 13.8 Å². The molecule has 3 heteroatoms. The minimum atomic E-state index is -1.01. The Labute approximate surface area is 54.2 Å². The molecule has 3 nitrogen and oxygen atoms in total. The second kappa shape index (κ2) is 2.49. The van der Waals surface area contributed by atoms with Crippen molar-refractivity contribution in [1.29, 1.82) is 5.26 Å². The van der Waals surface area contributed by atoms with E-state index in [9.17, 15) is 4.79 Å². The van der Waals surface area contributed by atoms with Crippen LogP contribution in [0.25, 0.3) is 0 Å². The summed E-state index contributed by atoms with van der Waals surface area (Å²) in [5, 5.41) is 8.34. The van der Waals surface area contributed by atoms with E-state index in [1.807, 2.05) is 6.07 Å². The largest absolute Gasteiger partial charge is 0.468 e. The first-order valence-corrected chi connectivity index (χ1v) is 2.54. The molecule has 0 saturated carbocycles. The molecule has 9 heavy (non-hydrogen) atoms. The highest BCUT2D eigenvalue weighted by Crippen LogP contribution is 2.13. The highest BCUT2D eigenvalue weighted by molar-refractivity contribution is 5.78. The summed E-state index contributed by atoms with van der Waals surface area (Å²) in [6.07, 6.45) is 0. The van der Waals surface area contributed by atoms with Gasteiger partial charge >= 0.3 is 5.97 Å². The first-order chi connectivity index (χ1) is 4.04. The number of rotatable bonds is 1. The average Bonchev–Trinajstić information content (AvgIpc) is 1.86. The second-order valence-electron chi connectivity index (χ2n) is 2.23. The highest BCUT2D eigenvalue weighted by Gasteiger charge is 2.27.